The maximum atomic E-state index is 13.6. The van der Waals surface area contributed by atoms with E-state index in [-0.39, 0.29) is 24.1 Å². The Bertz CT molecular complexity index is 1370. The minimum Gasteiger partial charge on any atom is -0.495 e. The number of nitrogens with zero attached hydrogens (tertiary/aromatic N) is 1. The van der Waals surface area contributed by atoms with Crippen molar-refractivity contribution in [1.29, 1.82) is 0 Å². The Balaban J connectivity index is 1.56. The largest absolute Gasteiger partial charge is 0.495 e. The van der Waals surface area contributed by atoms with E-state index >= 15 is 0 Å². The summed E-state index contributed by atoms with van der Waals surface area (Å²) in [6.07, 6.45) is -3.38. The van der Waals surface area contributed by atoms with E-state index in [1.54, 1.807) is 31.3 Å². The Hall–Kier alpha value is -3.42. The van der Waals surface area contributed by atoms with Crippen molar-refractivity contribution in [3.63, 3.8) is 0 Å². The maximum absolute atomic E-state index is 13.6. The molecule has 1 aliphatic rings. The van der Waals surface area contributed by atoms with Gasteiger partial charge in [-0.05, 0) is 54.6 Å². The third kappa shape index (κ3) is 7.16. The highest BCUT2D eigenvalue weighted by Gasteiger charge is 2.31. The Morgan fingerprint density at radius 2 is 1.95 bits per heavy atom. The molecule has 10 heteroatoms. The molecule has 208 valence electrons. The van der Waals surface area contributed by atoms with Gasteiger partial charge in [0.25, 0.3) is 5.91 Å². The first-order valence-electron chi connectivity index (χ1n) is 12.9. The molecule has 1 fully saturated rings. The van der Waals surface area contributed by atoms with Crippen LogP contribution in [-0.4, -0.2) is 63.4 Å². The first-order valence-corrected chi connectivity index (χ1v) is 13.8. The molecule has 0 saturated carbocycles. The summed E-state index contributed by atoms with van der Waals surface area (Å²) in [7, 11) is 3.05. The monoisotopic (exact) mass is 558 g/mol. The normalized spacial score (nSPS) is 14.5. The molecule has 0 radical (unpaired) electrons. The van der Waals surface area contributed by atoms with Crippen LogP contribution in [0.4, 0.5) is 24.5 Å². The molecule has 2 heterocycles. The molecule has 1 aliphatic heterocycles. The van der Waals surface area contributed by atoms with E-state index in [1.807, 2.05) is 12.1 Å². The third-order valence-corrected chi connectivity index (χ3v) is 8.05. The van der Waals surface area contributed by atoms with Crippen molar-refractivity contribution >= 4 is 38.7 Å². The number of fused-ring (bicyclic) bond motifs is 1. The summed E-state index contributed by atoms with van der Waals surface area (Å²) in [5, 5.41) is 9.88. The van der Waals surface area contributed by atoms with Crippen LogP contribution >= 0.6 is 11.3 Å². The molecule has 0 atom stereocenters. The molecular weight excluding hydrogens is 525 g/mol. The van der Waals surface area contributed by atoms with Crippen LogP contribution in [-0.2, 0) is 6.42 Å². The van der Waals surface area contributed by atoms with Gasteiger partial charge in [0.1, 0.15) is 5.75 Å². The number of amides is 1. The molecule has 0 bridgehead atoms. The number of halogens is 3. The van der Waals surface area contributed by atoms with Crippen molar-refractivity contribution in [2.24, 2.45) is 0 Å². The average molecular weight is 559 g/mol. The van der Waals surface area contributed by atoms with Crippen LogP contribution in [0.2, 0.25) is 0 Å². The highest BCUT2D eigenvalue weighted by molar-refractivity contribution is 7.20. The van der Waals surface area contributed by atoms with Crippen LogP contribution in [0.25, 0.3) is 10.1 Å². The summed E-state index contributed by atoms with van der Waals surface area (Å²) in [6, 6.07) is 10.8. The average Bonchev–Trinajstić information content (AvgIpc) is 3.27. The molecule has 1 amide bonds. The number of alkyl halides is 3. The summed E-state index contributed by atoms with van der Waals surface area (Å²) >= 11 is 1.30. The number of benzene rings is 2. The lowest BCUT2D eigenvalue weighted by molar-refractivity contribution is -0.126. The van der Waals surface area contributed by atoms with Crippen molar-refractivity contribution in [1.82, 2.24) is 10.2 Å². The van der Waals surface area contributed by atoms with Gasteiger partial charge in [-0.15, -0.1) is 11.3 Å². The molecule has 39 heavy (non-hydrogen) atoms. The lowest BCUT2D eigenvalue weighted by atomic mass is 10.0. The number of carbonyl (C=O) groups excluding carboxylic acids is 1. The van der Waals surface area contributed by atoms with E-state index in [0.29, 0.717) is 27.3 Å². The lowest BCUT2D eigenvalue weighted by Gasteiger charge is -2.32. The standard InChI is InChI=1S/C29H33F3N4O2S/c1-4-36-15-12-20(13-16-36)35-24-8-5-7-21-22(18-29(30,31)32)26(39-27(21)24)9-6-14-34-23-11-10-19(28(37)33-2)17-25(23)38-3/h5,7-8,10-11,17,20,34-35H,4,12-16,18H2,1-3H3,(H,33,37). The van der Waals surface area contributed by atoms with Gasteiger partial charge in [-0.3, -0.25) is 4.79 Å². The predicted octanol–water partition coefficient (Wildman–Crippen LogP) is 5.73. The number of likely N-dealkylation sites (tertiary alicyclic amines) is 1. The number of hydrogen-bond donors (Lipinski definition) is 3. The second kappa shape index (κ2) is 12.6. The lowest BCUT2D eigenvalue weighted by Crippen LogP contribution is -2.38. The molecule has 3 aromatic rings. The quantitative estimate of drug-likeness (QED) is 0.308. The zero-order valence-corrected chi connectivity index (χ0v) is 23.1. The van der Waals surface area contributed by atoms with E-state index in [4.69, 9.17) is 4.74 Å². The van der Waals surface area contributed by atoms with Gasteiger partial charge in [0.15, 0.2) is 0 Å². The van der Waals surface area contributed by atoms with Crippen molar-refractivity contribution < 1.29 is 22.7 Å². The van der Waals surface area contributed by atoms with Crippen molar-refractivity contribution in [2.75, 3.05) is 51.0 Å². The van der Waals surface area contributed by atoms with Crippen LogP contribution in [0, 0.1) is 11.8 Å². The molecule has 0 spiro atoms. The van der Waals surface area contributed by atoms with Crippen molar-refractivity contribution in [2.45, 2.75) is 38.4 Å². The number of piperidine rings is 1. The van der Waals surface area contributed by atoms with Gasteiger partial charge in [0.05, 0.1) is 41.0 Å². The van der Waals surface area contributed by atoms with Gasteiger partial charge in [-0.1, -0.05) is 30.9 Å². The summed E-state index contributed by atoms with van der Waals surface area (Å²) in [6.45, 7) is 5.39. The van der Waals surface area contributed by atoms with E-state index in [0.717, 1.165) is 42.9 Å². The molecule has 3 N–H and O–H groups in total. The number of rotatable bonds is 8. The van der Waals surface area contributed by atoms with Crippen LogP contribution in [0.1, 0.15) is 40.6 Å². The third-order valence-electron chi connectivity index (χ3n) is 6.85. The fourth-order valence-corrected chi connectivity index (χ4v) is 5.93. The smallest absolute Gasteiger partial charge is 0.393 e. The number of carbonyl (C=O) groups is 1. The number of nitrogens with one attached hydrogen (secondary N) is 3. The molecule has 0 unspecified atom stereocenters. The van der Waals surface area contributed by atoms with Crippen LogP contribution in [0.5, 0.6) is 5.75 Å². The topological polar surface area (TPSA) is 65.6 Å². The predicted molar refractivity (Wildman–Crippen MR) is 152 cm³/mol. The summed E-state index contributed by atoms with van der Waals surface area (Å²) < 4.78 is 46.9. The minimum atomic E-state index is -4.35. The molecule has 1 saturated heterocycles. The molecular formula is C29H33F3N4O2S. The van der Waals surface area contributed by atoms with E-state index < -0.39 is 12.6 Å². The first kappa shape index (κ1) is 28.6. The van der Waals surface area contributed by atoms with Crippen molar-refractivity contribution in [3.05, 3.63) is 52.4 Å². The fourth-order valence-electron chi connectivity index (χ4n) is 4.76. The van der Waals surface area contributed by atoms with Crippen LogP contribution in [0.3, 0.4) is 0 Å². The Kier molecular flexibility index (Phi) is 9.25. The molecule has 1 aromatic heterocycles. The van der Waals surface area contributed by atoms with Gasteiger partial charge >= 0.3 is 6.18 Å². The highest BCUT2D eigenvalue weighted by Crippen LogP contribution is 2.39. The zero-order chi connectivity index (χ0) is 28.0. The molecule has 0 aliphatic carbocycles. The van der Waals surface area contributed by atoms with E-state index in [9.17, 15) is 18.0 Å². The molecule has 6 nitrogen and oxygen atoms in total. The second-order valence-electron chi connectivity index (χ2n) is 9.39. The number of ether oxygens (including phenoxy) is 1. The summed E-state index contributed by atoms with van der Waals surface area (Å²) in [4.78, 5) is 14.7. The van der Waals surface area contributed by atoms with Crippen LogP contribution < -0.4 is 20.7 Å². The van der Waals surface area contributed by atoms with E-state index in [1.165, 1.54) is 18.4 Å². The summed E-state index contributed by atoms with van der Waals surface area (Å²) in [5.74, 6) is 6.19. The first-order chi connectivity index (χ1) is 18.7. The fraction of sp³-hybridized carbons (Fsp3) is 0.414. The Morgan fingerprint density at radius 3 is 2.62 bits per heavy atom. The van der Waals surface area contributed by atoms with Crippen molar-refractivity contribution in [3.8, 4) is 17.6 Å². The van der Waals surface area contributed by atoms with Gasteiger partial charge in [0.2, 0.25) is 0 Å². The zero-order valence-electron chi connectivity index (χ0n) is 22.3. The van der Waals surface area contributed by atoms with Gasteiger partial charge in [-0.25, -0.2) is 0 Å². The van der Waals surface area contributed by atoms with Gasteiger partial charge in [-0.2, -0.15) is 13.2 Å². The number of hydrogen-bond acceptors (Lipinski definition) is 6. The number of methoxy groups -OCH3 is 1. The molecule has 2 aromatic carbocycles. The Labute approximate surface area is 230 Å². The summed E-state index contributed by atoms with van der Waals surface area (Å²) in [5.41, 5.74) is 2.16. The number of thiophene rings is 1. The minimum absolute atomic E-state index is 0.191. The maximum Gasteiger partial charge on any atom is 0.393 e. The molecule has 4 rings (SSSR count). The van der Waals surface area contributed by atoms with Gasteiger partial charge < -0.3 is 25.6 Å². The Morgan fingerprint density at radius 1 is 1.18 bits per heavy atom. The van der Waals surface area contributed by atoms with Crippen LogP contribution in [0.15, 0.2) is 36.4 Å². The van der Waals surface area contributed by atoms with E-state index in [2.05, 4.69) is 39.6 Å². The highest BCUT2D eigenvalue weighted by atomic mass is 32.1. The SMILES string of the molecule is CCN1CCC(Nc2cccc3c(CC(F)(F)F)c(C#CCNc4ccc(C(=O)NC)cc4OC)sc23)CC1. The van der Waals surface area contributed by atoms with Gasteiger partial charge in [0, 0.05) is 31.7 Å². The number of anilines is 2. The second-order valence-corrected chi connectivity index (χ2v) is 10.4.